The van der Waals surface area contributed by atoms with Gasteiger partial charge in [0, 0.05) is 24.7 Å². The van der Waals surface area contributed by atoms with E-state index >= 15 is 0 Å². The van der Waals surface area contributed by atoms with E-state index in [-0.39, 0.29) is 27.9 Å². The number of carbonyl (C=O) groups excluding carboxylic acids is 2. The van der Waals surface area contributed by atoms with Gasteiger partial charge in [-0.25, -0.2) is 9.88 Å². The van der Waals surface area contributed by atoms with Crippen LogP contribution in [0.3, 0.4) is 0 Å². The molecule has 1 atom stereocenters. The minimum Gasteiger partial charge on any atom is -0.854 e. The number of hydrogen-bond acceptors (Lipinski definition) is 10. The number of rotatable bonds is 8. The summed E-state index contributed by atoms with van der Waals surface area (Å²) in [7, 11) is 1.33. The van der Waals surface area contributed by atoms with Crippen molar-refractivity contribution < 1.29 is 33.8 Å². The predicted octanol–water partition coefficient (Wildman–Crippen LogP) is 3.15. The van der Waals surface area contributed by atoms with Crippen molar-refractivity contribution in [1.82, 2.24) is 10.1 Å². The van der Waals surface area contributed by atoms with Crippen LogP contribution in [-0.4, -0.2) is 39.7 Å². The Hall–Kier alpha value is -4.26. The zero-order valence-corrected chi connectivity index (χ0v) is 22.0. The highest BCUT2D eigenvalue weighted by Gasteiger charge is 2.47. The quantitative estimate of drug-likeness (QED) is 0.0794. The van der Waals surface area contributed by atoms with Crippen molar-refractivity contribution in [3.8, 4) is 28.6 Å². The molecule has 3 aromatic rings. The minimum atomic E-state index is -1.23. The summed E-state index contributed by atoms with van der Waals surface area (Å²) in [4.78, 5) is 42.0. The van der Waals surface area contributed by atoms with Gasteiger partial charge in [-0.2, -0.15) is 0 Å². The van der Waals surface area contributed by atoms with Gasteiger partial charge in [-0.05, 0) is 24.6 Å². The van der Waals surface area contributed by atoms with Gasteiger partial charge in [0.25, 0.3) is 17.0 Å². The molecule has 1 amide bonds. The van der Waals surface area contributed by atoms with Crippen LogP contribution in [0.15, 0.2) is 41.6 Å². The molecule has 1 unspecified atom stereocenters. The maximum Gasteiger partial charge on any atom is 0.316 e. The van der Waals surface area contributed by atoms with Crippen LogP contribution in [0.2, 0.25) is 0 Å². The van der Waals surface area contributed by atoms with E-state index in [0.717, 1.165) is 25.8 Å². The summed E-state index contributed by atoms with van der Waals surface area (Å²) in [5.74, 6) is -1.46. The number of aromatic nitrogens is 3. The van der Waals surface area contributed by atoms with Crippen LogP contribution in [0.5, 0.6) is 17.4 Å². The molecule has 0 bridgehead atoms. The number of hydrogen-bond donors (Lipinski definition) is 0. The maximum atomic E-state index is 13.4. The molecule has 0 spiro atoms. The number of amides is 1. The summed E-state index contributed by atoms with van der Waals surface area (Å²) in [5.41, 5.74) is 0.358. The number of nitro groups is 1. The van der Waals surface area contributed by atoms with Crippen LogP contribution < -0.4 is 24.2 Å². The first-order valence-corrected chi connectivity index (χ1v) is 12.7. The van der Waals surface area contributed by atoms with E-state index in [9.17, 15) is 24.8 Å². The Morgan fingerprint density at radius 1 is 1.24 bits per heavy atom. The van der Waals surface area contributed by atoms with Crippen LogP contribution in [0, 0.1) is 10.1 Å². The molecule has 2 heterocycles. The van der Waals surface area contributed by atoms with Gasteiger partial charge < -0.3 is 14.6 Å². The number of benzene rings is 2. The van der Waals surface area contributed by atoms with Crippen molar-refractivity contribution in [1.29, 1.82) is 0 Å². The van der Waals surface area contributed by atoms with Crippen LogP contribution in [-0.2, 0) is 9.59 Å². The number of carbonyl (C=O) groups is 2. The topological polar surface area (TPSA) is 152 Å². The lowest BCUT2D eigenvalue weighted by atomic mass is 10.00. The monoisotopic (exact) mass is 539 g/mol. The number of methoxy groups -OCH3 is 1. The average molecular weight is 540 g/mol. The number of nitrogens with zero attached hydrogens (tertiary/aromatic N) is 5. The molecule has 1 aliphatic heterocycles. The molecule has 1 aromatic heterocycles. The van der Waals surface area contributed by atoms with Crippen LogP contribution >= 0.6 is 11.8 Å². The van der Waals surface area contributed by atoms with Gasteiger partial charge >= 0.3 is 11.7 Å². The van der Waals surface area contributed by atoms with E-state index in [0.29, 0.717) is 17.0 Å². The average Bonchev–Trinajstić information content (AvgIpc) is 2.87. The molecule has 0 saturated carbocycles. The lowest BCUT2D eigenvalue weighted by Gasteiger charge is -2.33. The normalized spacial score (nSPS) is 13.9. The standard InChI is InChI=1S/C25H25N5O7S/c1-5-6-11-38-25-26-23(33)21-17-9-7-8-10-19(17)28(14(2)31)24(29(21)27-25)18-12-16(36-4)13-20(30(34)35)22(18)37-15(3)32/h7-10,12-13,24H,5-6,11H2,1-4H3. The van der Waals surface area contributed by atoms with Gasteiger partial charge in [0.2, 0.25) is 11.7 Å². The molecular formula is C25H25N5O7S. The molecule has 12 nitrogen and oxygen atoms in total. The van der Waals surface area contributed by atoms with Gasteiger partial charge in [0.05, 0.1) is 40.8 Å². The third-order valence-electron chi connectivity index (χ3n) is 5.81. The SMILES string of the molecule is CCCCSc1nc([O-])c2[n+](n1)C(c1cc(OC)cc([N+](=O)[O-])c1OC(C)=O)N(C(C)=O)c1ccccc1-2. The predicted molar refractivity (Wildman–Crippen MR) is 135 cm³/mol. The second kappa shape index (κ2) is 11.0. The molecule has 0 radical (unpaired) electrons. The third kappa shape index (κ3) is 4.96. The van der Waals surface area contributed by atoms with E-state index in [2.05, 4.69) is 10.1 Å². The molecule has 0 saturated heterocycles. The molecule has 4 rings (SSSR count). The fraction of sp³-hybridized carbons (Fsp3) is 0.320. The second-order valence-corrected chi connectivity index (χ2v) is 9.45. The fourth-order valence-electron chi connectivity index (χ4n) is 4.23. The van der Waals surface area contributed by atoms with Gasteiger partial charge in [-0.1, -0.05) is 41.9 Å². The highest BCUT2D eigenvalue weighted by molar-refractivity contribution is 7.99. The molecule has 2 aromatic carbocycles. The van der Waals surface area contributed by atoms with E-state index in [4.69, 9.17) is 9.47 Å². The molecule has 0 N–H and O–H groups in total. The Balaban J connectivity index is 2.10. The Morgan fingerprint density at radius 3 is 2.61 bits per heavy atom. The summed E-state index contributed by atoms with van der Waals surface area (Å²) < 4.78 is 12.0. The second-order valence-electron chi connectivity index (χ2n) is 8.39. The van der Waals surface area contributed by atoms with Gasteiger partial charge in [-0.15, -0.1) is 0 Å². The van der Waals surface area contributed by atoms with E-state index in [1.54, 1.807) is 24.3 Å². The number of esters is 1. The largest absolute Gasteiger partial charge is 0.854 e. The Morgan fingerprint density at radius 2 is 1.97 bits per heavy atom. The molecule has 13 heteroatoms. The number of anilines is 1. The highest BCUT2D eigenvalue weighted by Crippen LogP contribution is 2.46. The van der Waals surface area contributed by atoms with Crippen LogP contribution in [0.1, 0.15) is 45.3 Å². The zero-order valence-electron chi connectivity index (χ0n) is 21.2. The Kier molecular flexibility index (Phi) is 7.76. The Bertz CT molecular complexity index is 1430. The summed E-state index contributed by atoms with van der Waals surface area (Å²) >= 11 is 1.29. The number of unbranched alkanes of at least 4 members (excludes halogenated alkanes) is 1. The molecular weight excluding hydrogens is 514 g/mol. The first-order chi connectivity index (χ1) is 18.2. The van der Waals surface area contributed by atoms with E-state index in [1.165, 1.54) is 41.4 Å². The molecule has 0 fully saturated rings. The zero-order chi connectivity index (χ0) is 27.6. The number of thioether (sulfide) groups is 1. The van der Waals surface area contributed by atoms with Crippen molar-refractivity contribution in [3.63, 3.8) is 0 Å². The van der Waals surface area contributed by atoms with Crippen molar-refractivity contribution in [3.05, 3.63) is 52.1 Å². The molecule has 198 valence electrons. The highest BCUT2D eigenvalue weighted by atomic mass is 32.2. The molecule has 1 aliphatic rings. The van der Waals surface area contributed by atoms with E-state index in [1.807, 2.05) is 6.92 Å². The summed E-state index contributed by atoms with van der Waals surface area (Å²) in [6.07, 6.45) is 0.568. The number of ether oxygens (including phenoxy) is 2. The van der Waals surface area contributed by atoms with Gasteiger partial charge in [0.15, 0.2) is 0 Å². The van der Waals surface area contributed by atoms with Crippen molar-refractivity contribution in [2.24, 2.45) is 0 Å². The molecule has 0 aliphatic carbocycles. The van der Waals surface area contributed by atoms with E-state index < -0.39 is 34.5 Å². The third-order valence-corrected chi connectivity index (χ3v) is 6.74. The summed E-state index contributed by atoms with van der Waals surface area (Å²) in [6.45, 7) is 4.47. The smallest absolute Gasteiger partial charge is 0.316 e. The van der Waals surface area contributed by atoms with Crippen LogP contribution in [0.25, 0.3) is 11.3 Å². The van der Waals surface area contributed by atoms with Crippen molar-refractivity contribution >= 4 is 35.0 Å². The fourth-order valence-corrected chi connectivity index (χ4v) is 5.14. The number of nitro benzene ring substituents is 1. The van der Waals surface area contributed by atoms with Crippen molar-refractivity contribution in [2.75, 3.05) is 17.8 Å². The minimum absolute atomic E-state index is 0.0322. The molecule has 38 heavy (non-hydrogen) atoms. The number of fused-ring (bicyclic) bond motifs is 3. The lowest BCUT2D eigenvalue weighted by molar-refractivity contribution is -0.764. The first-order valence-electron chi connectivity index (χ1n) is 11.8. The summed E-state index contributed by atoms with van der Waals surface area (Å²) in [5, 5.41) is 30.2. The first kappa shape index (κ1) is 26.8. The van der Waals surface area contributed by atoms with Crippen LogP contribution in [0.4, 0.5) is 11.4 Å². The summed E-state index contributed by atoms with van der Waals surface area (Å²) in [6, 6.07) is 9.27. The van der Waals surface area contributed by atoms with Crippen molar-refractivity contribution in [2.45, 2.75) is 44.9 Å². The maximum absolute atomic E-state index is 13.4. The van der Waals surface area contributed by atoms with Gasteiger partial charge in [-0.3, -0.25) is 19.7 Å². The van der Waals surface area contributed by atoms with Gasteiger partial charge in [0.1, 0.15) is 5.75 Å². The number of para-hydroxylation sites is 1. The lowest BCUT2D eigenvalue weighted by Crippen LogP contribution is -2.59. The Labute approximate surface area is 222 Å².